The molecule has 4 heteroatoms. The third-order valence-corrected chi connectivity index (χ3v) is 6.38. The van der Waals surface area contributed by atoms with Crippen molar-refractivity contribution in [3.05, 3.63) is 126 Å². The van der Waals surface area contributed by atoms with Gasteiger partial charge < -0.3 is 9.88 Å². The van der Waals surface area contributed by atoms with Crippen LogP contribution in [0.25, 0.3) is 33.7 Å². The van der Waals surface area contributed by atoms with E-state index < -0.39 is 5.91 Å². The number of hydrogen-bond acceptors (Lipinski definition) is 2. The minimum absolute atomic E-state index is 0.0582. The lowest BCUT2D eigenvalue weighted by atomic mass is 10.1. The van der Waals surface area contributed by atoms with Crippen LogP contribution in [0.5, 0.6) is 0 Å². The Hall–Kier alpha value is -4.88. The number of hydrogen-bond donors (Lipinski definition) is 1. The predicted octanol–water partition coefficient (Wildman–Crippen LogP) is 7.46. The fourth-order valence-corrected chi connectivity index (χ4v) is 4.53. The minimum Gasteiger partial charge on any atom is -0.321 e. The van der Waals surface area contributed by atoms with Crippen LogP contribution in [0.15, 0.2) is 109 Å². The van der Waals surface area contributed by atoms with Crippen LogP contribution in [0.3, 0.4) is 0 Å². The molecule has 0 aliphatic heterocycles. The molecule has 0 atom stereocenters. The average molecular weight is 468 g/mol. The zero-order valence-electron chi connectivity index (χ0n) is 20.2. The number of amides is 1. The molecule has 1 N–H and O–H groups in total. The molecular formula is C32H25N3O. The molecule has 0 aliphatic carbocycles. The summed E-state index contributed by atoms with van der Waals surface area (Å²) >= 11 is 0. The van der Waals surface area contributed by atoms with Gasteiger partial charge in [0, 0.05) is 22.8 Å². The van der Waals surface area contributed by atoms with Gasteiger partial charge in [0.05, 0.1) is 0 Å². The van der Waals surface area contributed by atoms with E-state index in [4.69, 9.17) is 0 Å². The largest absolute Gasteiger partial charge is 0.321 e. The van der Waals surface area contributed by atoms with E-state index in [1.807, 2.05) is 80.6 Å². The monoisotopic (exact) mass is 467 g/mol. The summed E-state index contributed by atoms with van der Waals surface area (Å²) < 4.78 is 2.14. The number of aryl methyl sites for hydroxylation is 1. The topological polar surface area (TPSA) is 57.8 Å². The Bertz CT molecular complexity index is 1640. The number of fused-ring (bicyclic) bond motifs is 1. The Labute approximate surface area is 210 Å². The van der Waals surface area contributed by atoms with Gasteiger partial charge in [-0.05, 0) is 77.7 Å². The van der Waals surface area contributed by atoms with Crippen LogP contribution in [-0.4, -0.2) is 10.5 Å². The maximum atomic E-state index is 12.9. The highest BCUT2D eigenvalue weighted by Crippen LogP contribution is 2.26. The van der Waals surface area contributed by atoms with Crippen molar-refractivity contribution in [1.29, 1.82) is 5.26 Å². The normalized spacial score (nSPS) is 11.3. The van der Waals surface area contributed by atoms with E-state index in [1.165, 1.54) is 5.56 Å². The first kappa shape index (κ1) is 22.9. The van der Waals surface area contributed by atoms with Crippen LogP contribution in [0.4, 0.5) is 5.69 Å². The first-order valence-corrected chi connectivity index (χ1v) is 11.8. The number of nitriles is 1. The molecular weight excluding hydrogens is 442 g/mol. The molecule has 5 rings (SSSR count). The van der Waals surface area contributed by atoms with Gasteiger partial charge in [-0.15, -0.1) is 0 Å². The van der Waals surface area contributed by atoms with Crippen molar-refractivity contribution in [2.24, 2.45) is 0 Å². The van der Waals surface area contributed by atoms with Gasteiger partial charge in [-0.1, -0.05) is 72.8 Å². The quantitative estimate of drug-likeness (QED) is 0.215. The van der Waals surface area contributed by atoms with Crippen LogP contribution < -0.4 is 5.32 Å². The maximum Gasteiger partial charge on any atom is 0.266 e. The summed E-state index contributed by atoms with van der Waals surface area (Å²) in [5, 5.41) is 14.7. The third kappa shape index (κ3) is 4.55. The molecule has 174 valence electrons. The molecule has 5 aromatic rings. The van der Waals surface area contributed by atoms with Crippen LogP contribution >= 0.6 is 0 Å². The van der Waals surface area contributed by atoms with Gasteiger partial charge in [0.1, 0.15) is 11.6 Å². The second-order valence-corrected chi connectivity index (χ2v) is 8.76. The number of rotatable bonds is 5. The van der Waals surface area contributed by atoms with Crippen molar-refractivity contribution in [2.45, 2.75) is 13.8 Å². The van der Waals surface area contributed by atoms with E-state index in [0.29, 0.717) is 5.69 Å². The lowest BCUT2D eigenvalue weighted by Gasteiger charge is -2.11. The van der Waals surface area contributed by atoms with Crippen LogP contribution in [0, 0.1) is 25.2 Å². The summed E-state index contributed by atoms with van der Waals surface area (Å²) in [5.74, 6) is -0.426. The molecule has 0 bridgehead atoms. The van der Waals surface area contributed by atoms with Crippen molar-refractivity contribution < 1.29 is 4.79 Å². The van der Waals surface area contributed by atoms with Gasteiger partial charge >= 0.3 is 0 Å². The zero-order valence-corrected chi connectivity index (χ0v) is 20.2. The Morgan fingerprint density at radius 2 is 1.47 bits per heavy atom. The fraction of sp³-hybridized carbons (Fsp3) is 0.0625. The summed E-state index contributed by atoms with van der Waals surface area (Å²) in [4.78, 5) is 12.9. The van der Waals surface area contributed by atoms with Gasteiger partial charge in [-0.3, -0.25) is 4.79 Å². The van der Waals surface area contributed by atoms with Crippen molar-refractivity contribution in [3.8, 4) is 22.9 Å². The third-order valence-electron chi connectivity index (χ3n) is 6.38. The molecule has 1 amide bonds. The maximum absolute atomic E-state index is 12.9. The molecule has 0 spiro atoms. The second kappa shape index (κ2) is 9.77. The molecule has 36 heavy (non-hydrogen) atoms. The molecule has 4 nitrogen and oxygen atoms in total. The van der Waals surface area contributed by atoms with Crippen molar-refractivity contribution in [3.63, 3.8) is 0 Å². The van der Waals surface area contributed by atoms with E-state index in [0.717, 1.165) is 39.0 Å². The number of nitrogens with one attached hydrogen (secondary N) is 1. The lowest BCUT2D eigenvalue weighted by molar-refractivity contribution is -0.112. The van der Waals surface area contributed by atoms with Gasteiger partial charge in [-0.25, -0.2) is 0 Å². The van der Waals surface area contributed by atoms with E-state index in [-0.39, 0.29) is 5.57 Å². The number of anilines is 1. The van der Waals surface area contributed by atoms with Crippen LogP contribution in [0.1, 0.15) is 17.0 Å². The summed E-state index contributed by atoms with van der Waals surface area (Å²) in [5.41, 5.74) is 6.90. The highest BCUT2D eigenvalue weighted by Gasteiger charge is 2.14. The Balaban J connectivity index is 1.41. The molecule has 1 heterocycles. The highest BCUT2D eigenvalue weighted by molar-refractivity contribution is 6.10. The SMILES string of the molecule is Cc1cc(/C=C(\C#N)C(=O)Nc2ccc3ccccc3c2)c(C)n1-c1ccc(-c2ccccc2)cc1. The predicted molar refractivity (Wildman–Crippen MR) is 147 cm³/mol. The Kier molecular flexibility index (Phi) is 6.21. The lowest BCUT2D eigenvalue weighted by Crippen LogP contribution is -2.13. The fourth-order valence-electron chi connectivity index (χ4n) is 4.53. The standard InChI is InChI=1S/C32H25N3O/c1-22-18-28(23(2)35(22)31-16-13-26(14-17-31)24-8-4-3-5-9-24)19-29(21-33)32(36)34-30-15-12-25-10-6-7-11-27(25)20-30/h3-20H,1-2H3,(H,34,36)/b29-19+. The summed E-state index contributed by atoms with van der Waals surface area (Å²) in [7, 11) is 0. The number of carbonyl (C=O) groups is 1. The smallest absolute Gasteiger partial charge is 0.266 e. The second-order valence-electron chi connectivity index (χ2n) is 8.76. The summed E-state index contributed by atoms with van der Waals surface area (Å²) in [6.07, 6.45) is 1.66. The Morgan fingerprint density at radius 1 is 0.806 bits per heavy atom. The molecule has 0 saturated heterocycles. The number of benzene rings is 4. The van der Waals surface area contributed by atoms with Gasteiger partial charge in [0.2, 0.25) is 0 Å². The Morgan fingerprint density at radius 3 is 2.19 bits per heavy atom. The first-order chi connectivity index (χ1) is 17.5. The summed E-state index contributed by atoms with van der Waals surface area (Å²) in [6.45, 7) is 4.02. The average Bonchev–Trinajstić information content (AvgIpc) is 3.20. The number of nitrogens with zero attached hydrogens (tertiary/aromatic N) is 2. The first-order valence-electron chi connectivity index (χ1n) is 11.8. The molecule has 0 radical (unpaired) electrons. The van der Waals surface area contributed by atoms with Gasteiger partial charge in [0.25, 0.3) is 5.91 Å². The van der Waals surface area contributed by atoms with Crippen molar-refractivity contribution in [1.82, 2.24) is 4.57 Å². The molecule has 0 aliphatic rings. The van der Waals surface area contributed by atoms with E-state index in [2.05, 4.69) is 52.4 Å². The van der Waals surface area contributed by atoms with Gasteiger partial charge in [-0.2, -0.15) is 5.26 Å². The zero-order chi connectivity index (χ0) is 25.1. The molecule has 0 saturated carbocycles. The summed E-state index contributed by atoms with van der Waals surface area (Å²) in [6, 6.07) is 36.4. The molecule has 1 aromatic heterocycles. The van der Waals surface area contributed by atoms with Gasteiger partial charge in [0.15, 0.2) is 0 Å². The number of carbonyl (C=O) groups excluding carboxylic acids is 1. The van der Waals surface area contributed by atoms with Crippen LogP contribution in [-0.2, 0) is 4.79 Å². The molecule has 0 fully saturated rings. The van der Waals surface area contributed by atoms with Crippen LogP contribution in [0.2, 0.25) is 0 Å². The van der Waals surface area contributed by atoms with E-state index in [1.54, 1.807) is 6.08 Å². The number of aromatic nitrogens is 1. The molecule has 0 unspecified atom stereocenters. The molecule has 4 aromatic carbocycles. The minimum atomic E-state index is -0.426. The van der Waals surface area contributed by atoms with E-state index in [9.17, 15) is 10.1 Å². The van der Waals surface area contributed by atoms with Crippen molar-refractivity contribution in [2.75, 3.05) is 5.32 Å². The van der Waals surface area contributed by atoms with E-state index >= 15 is 0 Å². The van der Waals surface area contributed by atoms with Crippen molar-refractivity contribution >= 4 is 28.4 Å². The highest BCUT2D eigenvalue weighted by atomic mass is 16.1.